The lowest BCUT2D eigenvalue weighted by atomic mass is 10.3. The monoisotopic (exact) mass is 404 g/mol. The van der Waals surface area contributed by atoms with Crippen LogP contribution in [-0.4, -0.2) is 16.5 Å². The SMILES string of the molecule is CCNc1ncnc(Nc2cccc(Cl)c2Br)c1Br. The Morgan fingerprint density at radius 2 is 1.89 bits per heavy atom. The van der Waals surface area contributed by atoms with Crippen molar-refractivity contribution in [3.05, 3.63) is 38.5 Å². The summed E-state index contributed by atoms with van der Waals surface area (Å²) in [5.41, 5.74) is 0.842. The standard InChI is InChI=1S/C12H11Br2ClN4/c1-2-16-11-10(14)12(18-6-17-11)19-8-5-3-4-7(15)9(8)13/h3-6H,2H2,1H3,(H2,16,17,18,19). The Balaban J connectivity index is 2.33. The molecule has 2 rings (SSSR count). The first-order valence-electron chi connectivity index (χ1n) is 5.59. The number of halogens is 3. The molecule has 0 aliphatic carbocycles. The van der Waals surface area contributed by atoms with Crippen LogP contribution >= 0.6 is 43.5 Å². The van der Waals surface area contributed by atoms with E-state index in [-0.39, 0.29) is 0 Å². The number of aromatic nitrogens is 2. The predicted octanol–water partition coefficient (Wildman–Crippen LogP) is 4.83. The van der Waals surface area contributed by atoms with Crippen LogP contribution in [-0.2, 0) is 0 Å². The lowest BCUT2D eigenvalue weighted by Crippen LogP contribution is -2.04. The third kappa shape index (κ3) is 3.38. The van der Waals surface area contributed by atoms with Crippen molar-refractivity contribution in [2.75, 3.05) is 17.2 Å². The van der Waals surface area contributed by atoms with E-state index < -0.39 is 0 Å². The predicted molar refractivity (Wildman–Crippen MR) is 86.3 cm³/mol. The molecule has 1 aromatic carbocycles. The van der Waals surface area contributed by atoms with E-state index in [2.05, 4.69) is 52.5 Å². The summed E-state index contributed by atoms with van der Waals surface area (Å²) in [6.45, 7) is 2.80. The fraction of sp³-hybridized carbons (Fsp3) is 0.167. The normalized spacial score (nSPS) is 10.3. The summed E-state index contributed by atoms with van der Waals surface area (Å²) >= 11 is 13.0. The minimum atomic E-state index is 0.641. The van der Waals surface area contributed by atoms with Gasteiger partial charge in [0.05, 0.1) is 15.2 Å². The minimum Gasteiger partial charge on any atom is -0.369 e. The summed E-state index contributed by atoms with van der Waals surface area (Å²) in [6, 6.07) is 5.60. The van der Waals surface area contributed by atoms with Gasteiger partial charge in [0.2, 0.25) is 0 Å². The second-order valence-electron chi connectivity index (χ2n) is 3.64. The molecule has 7 heteroatoms. The maximum Gasteiger partial charge on any atom is 0.150 e. The van der Waals surface area contributed by atoms with Gasteiger partial charge in [-0.05, 0) is 50.9 Å². The van der Waals surface area contributed by atoms with Gasteiger partial charge >= 0.3 is 0 Å². The van der Waals surface area contributed by atoms with Crippen LogP contribution < -0.4 is 10.6 Å². The van der Waals surface area contributed by atoms with Gasteiger partial charge < -0.3 is 10.6 Å². The van der Waals surface area contributed by atoms with Gasteiger partial charge in [0.15, 0.2) is 0 Å². The molecule has 19 heavy (non-hydrogen) atoms. The first-order valence-corrected chi connectivity index (χ1v) is 7.55. The Morgan fingerprint density at radius 3 is 2.63 bits per heavy atom. The quantitative estimate of drug-likeness (QED) is 0.764. The number of nitrogens with one attached hydrogen (secondary N) is 2. The highest BCUT2D eigenvalue weighted by molar-refractivity contribution is 9.11. The van der Waals surface area contributed by atoms with Crippen molar-refractivity contribution in [2.45, 2.75) is 6.92 Å². The smallest absolute Gasteiger partial charge is 0.150 e. The molecule has 0 bridgehead atoms. The molecule has 2 aromatic rings. The van der Waals surface area contributed by atoms with E-state index in [0.717, 1.165) is 27.0 Å². The van der Waals surface area contributed by atoms with E-state index in [1.165, 1.54) is 6.33 Å². The van der Waals surface area contributed by atoms with E-state index in [9.17, 15) is 0 Å². The van der Waals surface area contributed by atoms with Crippen molar-refractivity contribution in [3.8, 4) is 0 Å². The Morgan fingerprint density at radius 1 is 1.16 bits per heavy atom. The van der Waals surface area contributed by atoms with Crippen molar-refractivity contribution < 1.29 is 0 Å². The van der Waals surface area contributed by atoms with Crippen LogP contribution in [0.3, 0.4) is 0 Å². The molecule has 0 aliphatic rings. The summed E-state index contributed by atoms with van der Waals surface area (Å²) in [5, 5.41) is 7.00. The zero-order valence-electron chi connectivity index (χ0n) is 10.0. The largest absolute Gasteiger partial charge is 0.369 e. The lowest BCUT2D eigenvalue weighted by Gasteiger charge is -2.12. The fourth-order valence-corrected chi connectivity index (χ4v) is 2.46. The van der Waals surface area contributed by atoms with Gasteiger partial charge in [-0.1, -0.05) is 17.7 Å². The highest BCUT2D eigenvalue weighted by atomic mass is 79.9. The van der Waals surface area contributed by atoms with Gasteiger partial charge in [-0.3, -0.25) is 0 Å². The van der Waals surface area contributed by atoms with E-state index in [0.29, 0.717) is 10.8 Å². The van der Waals surface area contributed by atoms with Crippen molar-refractivity contribution in [1.82, 2.24) is 9.97 Å². The van der Waals surface area contributed by atoms with E-state index >= 15 is 0 Å². The summed E-state index contributed by atoms with van der Waals surface area (Å²) in [4.78, 5) is 8.38. The highest BCUT2D eigenvalue weighted by Gasteiger charge is 2.10. The van der Waals surface area contributed by atoms with Gasteiger partial charge in [-0.25, -0.2) is 9.97 Å². The maximum atomic E-state index is 6.06. The summed E-state index contributed by atoms with van der Waals surface area (Å²) < 4.78 is 1.58. The Kier molecular flexibility index (Phi) is 5.01. The van der Waals surface area contributed by atoms with Crippen molar-refractivity contribution in [1.29, 1.82) is 0 Å². The third-order valence-corrected chi connectivity index (χ3v) is 4.49. The molecule has 0 saturated carbocycles. The Bertz CT molecular complexity index is 592. The summed E-state index contributed by atoms with van der Waals surface area (Å²) in [7, 11) is 0. The van der Waals surface area contributed by atoms with Crippen LogP contribution in [0.15, 0.2) is 33.5 Å². The van der Waals surface area contributed by atoms with Crippen LogP contribution in [0.5, 0.6) is 0 Å². The van der Waals surface area contributed by atoms with Crippen LogP contribution in [0.1, 0.15) is 6.92 Å². The van der Waals surface area contributed by atoms with Crippen molar-refractivity contribution in [2.24, 2.45) is 0 Å². The van der Waals surface area contributed by atoms with Gasteiger partial charge in [0, 0.05) is 6.54 Å². The van der Waals surface area contributed by atoms with Crippen LogP contribution in [0.4, 0.5) is 17.3 Å². The van der Waals surface area contributed by atoms with Crippen molar-refractivity contribution in [3.63, 3.8) is 0 Å². The van der Waals surface area contributed by atoms with E-state index in [4.69, 9.17) is 11.6 Å². The zero-order chi connectivity index (χ0) is 13.8. The molecule has 0 fully saturated rings. The number of nitrogens with zero attached hydrogens (tertiary/aromatic N) is 2. The van der Waals surface area contributed by atoms with Crippen molar-refractivity contribution >= 4 is 60.8 Å². The number of hydrogen-bond acceptors (Lipinski definition) is 4. The van der Waals surface area contributed by atoms with Gasteiger partial charge in [0.1, 0.15) is 22.4 Å². The maximum absolute atomic E-state index is 6.06. The minimum absolute atomic E-state index is 0.641. The van der Waals surface area contributed by atoms with Gasteiger partial charge in [0.25, 0.3) is 0 Å². The molecular formula is C12H11Br2ClN4. The molecule has 0 atom stereocenters. The Labute approximate surface area is 133 Å². The van der Waals surface area contributed by atoms with E-state index in [1.807, 2.05) is 25.1 Å². The number of anilines is 3. The molecule has 1 heterocycles. The van der Waals surface area contributed by atoms with E-state index in [1.54, 1.807) is 0 Å². The van der Waals surface area contributed by atoms with Gasteiger partial charge in [-0.15, -0.1) is 0 Å². The molecule has 4 nitrogen and oxygen atoms in total. The number of benzene rings is 1. The first kappa shape index (κ1) is 14.6. The molecule has 0 spiro atoms. The first-order chi connectivity index (χ1) is 9.13. The molecule has 100 valence electrons. The third-order valence-electron chi connectivity index (χ3n) is 2.34. The summed E-state index contributed by atoms with van der Waals surface area (Å²) in [5.74, 6) is 1.42. The molecule has 2 N–H and O–H groups in total. The van der Waals surface area contributed by atoms with Crippen LogP contribution in [0.2, 0.25) is 5.02 Å². The number of hydrogen-bond donors (Lipinski definition) is 2. The fourth-order valence-electron chi connectivity index (χ4n) is 1.48. The lowest BCUT2D eigenvalue weighted by molar-refractivity contribution is 1.10. The zero-order valence-corrected chi connectivity index (χ0v) is 14.0. The molecule has 0 unspecified atom stereocenters. The van der Waals surface area contributed by atoms with Gasteiger partial charge in [-0.2, -0.15) is 0 Å². The highest BCUT2D eigenvalue weighted by Crippen LogP contribution is 2.34. The molecule has 0 amide bonds. The molecule has 0 saturated heterocycles. The molecule has 0 radical (unpaired) electrons. The molecular weight excluding hydrogens is 395 g/mol. The topological polar surface area (TPSA) is 49.8 Å². The number of rotatable bonds is 4. The second kappa shape index (κ2) is 6.54. The molecule has 1 aromatic heterocycles. The average molecular weight is 407 g/mol. The molecule has 0 aliphatic heterocycles. The van der Waals surface area contributed by atoms with Crippen LogP contribution in [0, 0.1) is 0 Å². The average Bonchev–Trinajstić information content (AvgIpc) is 2.40. The van der Waals surface area contributed by atoms with Crippen LogP contribution in [0.25, 0.3) is 0 Å². The Hall–Kier alpha value is -0.850. The summed E-state index contributed by atoms with van der Waals surface area (Å²) in [6.07, 6.45) is 1.50. The second-order valence-corrected chi connectivity index (χ2v) is 5.63.